The van der Waals surface area contributed by atoms with E-state index in [2.05, 4.69) is 10.4 Å². The van der Waals surface area contributed by atoms with Crippen LogP contribution in [0.1, 0.15) is 27.9 Å². The van der Waals surface area contributed by atoms with Crippen LogP contribution in [-0.2, 0) is 19.6 Å². The third kappa shape index (κ3) is 2.89. The summed E-state index contributed by atoms with van der Waals surface area (Å²) in [6, 6.07) is 8.58. The Balaban J connectivity index is 1.96. The van der Waals surface area contributed by atoms with E-state index in [1.54, 1.807) is 12.1 Å². The zero-order valence-electron chi connectivity index (χ0n) is 12.9. The van der Waals surface area contributed by atoms with E-state index in [0.717, 1.165) is 28.0 Å². The minimum Gasteiger partial charge on any atom is -0.321 e. The Morgan fingerprint density at radius 2 is 2.04 bits per heavy atom. The van der Waals surface area contributed by atoms with Gasteiger partial charge in [0.1, 0.15) is 4.83 Å². The zero-order valence-corrected chi connectivity index (χ0v) is 13.8. The molecule has 0 bridgehead atoms. The van der Waals surface area contributed by atoms with E-state index in [9.17, 15) is 18.0 Å². The van der Waals surface area contributed by atoms with Crippen molar-refractivity contribution in [1.82, 2.24) is 9.78 Å². The average molecular weight is 353 g/mol. The summed E-state index contributed by atoms with van der Waals surface area (Å²) < 4.78 is 40.2. The lowest BCUT2D eigenvalue weighted by atomic mass is 10.1. The number of alkyl halides is 3. The van der Waals surface area contributed by atoms with Gasteiger partial charge in [-0.1, -0.05) is 25.1 Å². The zero-order chi connectivity index (χ0) is 17.5. The molecule has 0 aliphatic heterocycles. The Morgan fingerprint density at radius 3 is 2.71 bits per heavy atom. The number of fused-ring (bicyclic) bond motifs is 1. The predicted molar refractivity (Wildman–Crippen MR) is 87.4 cm³/mol. The SMILES string of the molecule is CCc1ccccc1NC(=O)c1cc2c(C(F)(F)F)nn(C)c2s1. The van der Waals surface area contributed by atoms with E-state index in [0.29, 0.717) is 10.5 Å². The van der Waals surface area contributed by atoms with Crippen molar-refractivity contribution in [3.8, 4) is 0 Å². The topological polar surface area (TPSA) is 46.9 Å². The molecule has 1 aromatic carbocycles. The van der Waals surface area contributed by atoms with Gasteiger partial charge in [-0.25, -0.2) is 0 Å². The van der Waals surface area contributed by atoms with Gasteiger partial charge in [-0.05, 0) is 24.1 Å². The fraction of sp³-hybridized carbons (Fsp3) is 0.250. The fourth-order valence-electron chi connectivity index (χ4n) is 2.50. The number of hydrogen-bond acceptors (Lipinski definition) is 3. The van der Waals surface area contributed by atoms with Crippen molar-refractivity contribution in [2.24, 2.45) is 7.05 Å². The molecular weight excluding hydrogens is 339 g/mol. The second kappa shape index (κ2) is 5.94. The number of halogens is 3. The average Bonchev–Trinajstić information content (AvgIpc) is 3.08. The molecule has 0 unspecified atom stereocenters. The quantitative estimate of drug-likeness (QED) is 0.755. The van der Waals surface area contributed by atoms with Crippen LogP contribution in [-0.4, -0.2) is 15.7 Å². The minimum absolute atomic E-state index is 0.0519. The molecule has 1 amide bonds. The maximum Gasteiger partial charge on any atom is 0.435 e. The number of thiophene rings is 1. The third-order valence-electron chi connectivity index (χ3n) is 3.65. The Labute approximate surface area is 139 Å². The number of aryl methyl sites for hydroxylation is 2. The maximum absolute atomic E-state index is 13.0. The van der Waals surface area contributed by atoms with Crippen molar-refractivity contribution >= 4 is 33.1 Å². The highest BCUT2D eigenvalue weighted by atomic mass is 32.1. The first-order chi connectivity index (χ1) is 11.3. The Hall–Kier alpha value is -2.35. The van der Waals surface area contributed by atoms with Gasteiger partial charge in [0.2, 0.25) is 0 Å². The normalized spacial score (nSPS) is 11.9. The van der Waals surface area contributed by atoms with Gasteiger partial charge in [-0.3, -0.25) is 9.48 Å². The number of para-hydroxylation sites is 1. The number of amides is 1. The van der Waals surface area contributed by atoms with Crippen molar-refractivity contribution < 1.29 is 18.0 Å². The highest BCUT2D eigenvalue weighted by Gasteiger charge is 2.37. The predicted octanol–water partition coefficient (Wildman–Crippen LogP) is 4.47. The second-order valence-corrected chi connectivity index (χ2v) is 6.29. The molecule has 0 atom stereocenters. The lowest BCUT2D eigenvalue weighted by Crippen LogP contribution is -2.12. The molecule has 3 aromatic rings. The van der Waals surface area contributed by atoms with Crippen LogP contribution < -0.4 is 5.32 Å². The molecule has 3 rings (SSSR count). The number of nitrogens with zero attached hydrogens (tertiary/aromatic N) is 2. The monoisotopic (exact) mass is 353 g/mol. The van der Waals surface area contributed by atoms with E-state index in [1.165, 1.54) is 13.1 Å². The van der Waals surface area contributed by atoms with Gasteiger partial charge >= 0.3 is 6.18 Å². The summed E-state index contributed by atoms with van der Waals surface area (Å²) >= 11 is 0.990. The molecule has 0 saturated carbocycles. The summed E-state index contributed by atoms with van der Waals surface area (Å²) in [4.78, 5) is 12.9. The Kier molecular flexibility index (Phi) is 4.08. The van der Waals surface area contributed by atoms with Gasteiger partial charge in [-0.2, -0.15) is 18.3 Å². The molecule has 8 heteroatoms. The number of anilines is 1. The molecule has 0 spiro atoms. The molecule has 4 nitrogen and oxygen atoms in total. The molecule has 2 aromatic heterocycles. The van der Waals surface area contributed by atoms with Crippen molar-refractivity contribution in [3.05, 3.63) is 46.5 Å². The summed E-state index contributed by atoms with van der Waals surface area (Å²) in [5.74, 6) is -0.426. The summed E-state index contributed by atoms with van der Waals surface area (Å²) in [6.45, 7) is 1.96. The van der Waals surface area contributed by atoms with Crippen LogP contribution in [0, 0.1) is 0 Å². The van der Waals surface area contributed by atoms with Crippen molar-refractivity contribution in [2.75, 3.05) is 5.32 Å². The van der Waals surface area contributed by atoms with Crippen LogP contribution in [0.25, 0.3) is 10.2 Å². The maximum atomic E-state index is 13.0. The highest BCUT2D eigenvalue weighted by molar-refractivity contribution is 7.20. The minimum atomic E-state index is -4.55. The van der Waals surface area contributed by atoms with E-state index in [4.69, 9.17) is 0 Å². The molecule has 0 saturated heterocycles. The van der Waals surface area contributed by atoms with Gasteiger partial charge in [0, 0.05) is 18.1 Å². The second-order valence-electron chi connectivity index (χ2n) is 5.26. The molecule has 0 radical (unpaired) electrons. The number of carbonyl (C=O) groups excluding carboxylic acids is 1. The third-order valence-corrected chi connectivity index (χ3v) is 4.85. The molecule has 0 aliphatic rings. The van der Waals surface area contributed by atoms with E-state index < -0.39 is 17.8 Å². The molecule has 1 N–H and O–H groups in total. The summed E-state index contributed by atoms with van der Waals surface area (Å²) in [6.07, 6.45) is -3.81. The number of nitrogens with one attached hydrogen (secondary N) is 1. The summed E-state index contributed by atoms with van der Waals surface area (Å²) in [5.41, 5.74) is 0.658. The van der Waals surface area contributed by atoms with Crippen LogP contribution in [0.4, 0.5) is 18.9 Å². The van der Waals surface area contributed by atoms with Gasteiger partial charge in [0.25, 0.3) is 5.91 Å². The summed E-state index contributed by atoms with van der Waals surface area (Å²) in [7, 11) is 1.43. The first kappa shape index (κ1) is 16.5. The van der Waals surface area contributed by atoms with Gasteiger partial charge in [0.15, 0.2) is 5.69 Å². The molecule has 24 heavy (non-hydrogen) atoms. The number of hydrogen-bond donors (Lipinski definition) is 1. The van der Waals surface area contributed by atoms with Crippen LogP contribution in [0.15, 0.2) is 30.3 Å². The van der Waals surface area contributed by atoms with Gasteiger partial charge in [-0.15, -0.1) is 11.3 Å². The molecule has 0 aliphatic carbocycles. The highest BCUT2D eigenvalue weighted by Crippen LogP contribution is 2.37. The number of carbonyl (C=O) groups is 1. The standard InChI is InChI=1S/C16H14F3N3OS/c1-3-9-6-4-5-7-11(9)20-14(23)12-8-10-13(16(17,18)19)21-22(2)15(10)24-12/h4-8H,3H2,1-2H3,(H,20,23). The van der Waals surface area contributed by atoms with Crippen molar-refractivity contribution in [3.63, 3.8) is 0 Å². The van der Waals surface area contributed by atoms with E-state index >= 15 is 0 Å². The molecule has 126 valence electrons. The lowest BCUT2D eigenvalue weighted by Gasteiger charge is -2.08. The largest absolute Gasteiger partial charge is 0.435 e. The number of aromatic nitrogens is 2. The Morgan fingerprint density at radius 1 is 1.33 bits per heavy atom. The smallest absolute Gasteiger partial charge is 0.321 e. The van der Waals surface area contributed by atoms with Crippen LogP contribution in [0.3, 0.4) is 0 Å². The van der Waals surface area contributed by atoms with Crippen LogP contribution in [0.2, 0.25) is 0 Å². The van der Waals surface area contributed by atoms with Crippen molar-refractivity contribution in [2.45, 2.75) is 19.5 Å². The first-order valence-electron chi connectivity index (χ1n) is 7.24. The summed E-state index contributed by atoms with van der Waals surface area (Å²) in [5, 5.41) is 6.22. The van der Waals surface area contributed by atoms with E-state index in [-0.39, 0.29) is 10.3 Å². The lowest BCUT2D eigenvalue weighted by molar-refractivity contribution is -0.140. The molecule has 2 heterocycles. The van der Waals surface area contributed by atoms with Crippen molar-refractivity contribution in [1.29, 1.82) is 0 Å². The van der Waals surface area contributed by atoms with Crippen LogP contribution >= 0.6 is 11.3 Å². The van der Waals surface area contributed by atoms with Gasteiger partial charge in [0.05, 0.1) is 4.88 Å². The Bertz CT molecular complexity index is 911. The van der Waals surface area contributed by atoms with Crippen LogP contribution in [0.5, 0.6) is 0 Å². The molecule has 0 fully saturated rings. The van der Waals surface area contributed by atoms with E-state index in [1.807, 2.05) is 19.1 Å². The number of benzene rings is 1. The number of rotatable bonds is 3. The fourth-order valence-corrected chi connectivity index (χ4v) is 3.46. The van der Waals surface area contributed by atoms with Gasteiger partial charge < -0.3 is 5.32 Å². The first-order valence-corrected chi connectivity index (χ1v) is 8.06. The molecular formula is C16H14F3N3OS.